The highest BCUT2D eigenvalue weighted by Gasteiger charge is 2.06. The van der Waals surface area contributed by atoms with Gasteiger partial charge >= 0.3 is 11.9 Å². The number of aliphatic hydroxyl groups excluding tert-OH is 1. The molecule has 0 fully saturated rings. The van der Waals surface area contributed by atoms with Gasteiger partial charge in [0.25, 0.3) is 0 Å². The maximum Gasteiger partial charge on any atom is 0.319 e. The molecular formula is C4H6O5. The lowest BCUT2D eigenvalue weighted by molar-refractivity contribution is -0.157. The number of carbonyl (C=O) groups is 2. The highest BCUT2D eigenvalue weighted by Crippen LogP contribution is 1.83. The van der Waals surface area contributed by atoms with Crippen molar-refractivity contribution in [1.82, 2.24) is 0 Å². The molecular weight excluding hydrogens is 128 g/mol. The minimum Gasteiger partial charge on any atom is -0.481 e. The molecule has 0 aromatic rings. The fourth-order valence-electron chi connectivity index (χ4n) is 0.247. The first-order valence-electron chi connectivity index (χ1n) is 2.15. The van der Waals surface area contributed by atoms with E-state index in [2.05, 4.69) is 4.74 Å². The lowest BCUT2D eigenvalue weighted by Gasteiger charge is -1.94. The van der Waals surface area contributed by atoms with Crippen molar-refractivity contribution >= 4 is 11.9 Å². The smallest absolute Gasteiger partial charge is 0.319 e. The van der Waals surface area contributed by atoms with Crippen LogP contribution in [0.15, 0.2) is 0 Å². The van der Waals surface area contributed by atoms with Crippen molar-refractivity contribution in [3.05, 3.63) is 0 Å². The van der Waals surface area contributed by atoms with Gasteiger partial charge in [0.05, 0.1) is 0 Å². The van der Waals surface area contributed by atoms with Crippen molar-refractivity contribution in [3.8, 4) is 0 Å². The molecule has 0 aliphatic rings. The van der Waals surface area contributed by atoms with Gasteiger partial charge in [-0.2, -0.15) is 0 Å². The topological polar surface area (TPSA) is 83.8 Å². The first-order valence-corrected chi connectivity index (χ1v) is 2.15. The average molecular weight is 134 g/mol. The van der Waals surface area contributed by atoms with Crippen molar-refractivity contribution in [2.24, 2.45) is 0 Å². The zero-order valence-electron chi connectivity index (χ0n) is 4.53. The van der Waals surface area contributed by atoms with Crippen LogP contribution in [0.1, 0.15) is 6.42 Å². The van der Waals surface area contributed by atoms with Crippen LogP contribution in [0.2, 0.25) is 0 Å². The standard InChI is InChI=1S/C4H6O5/c5-2-9-4(8)1-3(6)7/h5H,1-2H2,(H,6,7). The van der Waals surface area contributed by atoms with E-state index in [4.69, 9.17) is 10.2 Å². The van der Waals surface area contributed by atoms with Crippen molar-refractivity contribution in [2.45, 2.75) is 6.42 Å². The van der Waals surface area contributed by atoms with E-state index in [1.54, 1.807) is 0 Å². The van der Waals surface area contributed by atoms with E-state index < -0.39 is 25.2 Å². The lowest BCUT2D eigenvalue weighted by Crippen LogP contribution is -2.10. The van der Waals surface area contributed by atoms with Crippen LogP contribution in [0.25, 0.3) is 0 Å². The number of carbonyl (C=O) groups excluding carboxylic acids is 1. The van der Waals surface area contributed by atoms with Gasteiger partial charge in [0, 0.05) is 0 Å². The molecule has 0 unspecified atom stereocenters. The second-order valence-corrected chi connectivity index (χ2v) is 1.22. The van der Waals surface area contributed by atoms with Crippen LogP contribution >= 0.6 is 0 Å². The first-order chi connectivity index (χ1) is 4.16. The lowest BCUT2D eigenvalue weighted by atomic mass is 10.4. The summed E-state index contributed by atoms with van der Waals surface area (Å²) in [6.45, 7) is -0.772. The third-order valence-electron chi connectivity index (χ3n) is 0.521. The molecule has 0 atom stereocenters. The molecule has 0 radical (unpaired) electrons. The quantitative estimate of drug-likeness (QED) is 0.292. The Bertz CT molecular complexity index is 118. The Labute approximate surface area is 50.9 Å². The summed E-state index contributed by atoms with van der Waals surface area (Å²) in [4.78, 5) is 19.8. The maximum atomic E-state index is 10.1. The van der Waals surface area contributed by atoms with E-state index in [-0.39, 0.29) is 0 Å². The largest absolute Gasteiger partial charge is 0.481 e. The SMILES string of the molecule is O=C(O)CC(=O)OCO. The van der Waals surface area contributed by atoms with Gasteiger partial charge in [0.1, 0.15) is 6.42 Å². The van der Waals surface area contributed by atoms with Crippen molar-refractivity contribution in [3.63, 3.8) is 0 Å². The third-order valence-corrected chi connectivity index (χ3v) is 0.521. The van der Waals surface area contributed by atoms with Crippen LogP contribution in [0.5, 0.6) is 0 Å². The Morgan fingerprint density at radius 2 is 2.00 bits per heavy atom. The molecule has 5 nitrogen and oxygen atoms in total. The normalized spacial score (nSPS) is 8.56. The van der Waals surface area contributed by atoms with Gasteiger partial charge in [0.2, 0.25) is 0 Å². The van der Waals surface area contributed by atoms with Crippen LogP contribution in [0.3, 0.4) is 0 Å². The predicted octanol–water partition coefficient (Wildman–Crippen LogP) is -1.05. The Morgan fingerprint density at radius 3 is 2.33 bits per heavy atom. The van der Waals surface area contributed by atoms with E-state index in [0.717, 1.165) is 0 Å². The molecule has 0 bridgehead atoms. The van der Waals surface area contributed by atoms with Gasteiger partial charge in [-0.1, -0.05) is 0 Å². The van der Waals surface area contributed by atoms with Gasteiger partial charge in [-0.25, -0.2) is 0 Å². The van der Waals surface area contributed by atoms with Crippen LogP contribution in [-0.2, 0) is 14.3 Å². The van der Waals surface area contributed by atoms with Gasteiger partial charge in [-0.05, 0) is 0 Å². The Kier molecular flexibility index (Phi) is 3.38. The number of aliphatic carboxylic acids is 1. The number of aliphatic hydroxyl groups is 1. The van der Waals surface area contributed by atoms with E-state index >= 15 is 0 Å². The summed E-state index contributed by atoms with van der Waals surface area (Å²) in [5, 5.41) is 15.8. The fourth-order valence-corrected chi connectivity index (χ4v) is 0.247. The van der Waals surface area contributed by atoms with E-state index in [1.807, 2.05) is 0 Å². The molecule has 0 spiro atoms. The van der Waals surface area contributed by atoms with Gasteiger partial charge < -0.3 is 14.9 Å². The van der Waals surface area contributed by atoms with Crippen molar-refractivity contribution in [1.29, 1.82) is 0 Å². The minimum atomic E-state index is -1.27. The molecule has 0 heterocycles. The molecule has 9 heavy (non-hydrogen) atoms. The van der Waals surface area contributed by atoms with E-state index in [9.17, 15) is 9.59 Å². The number of rotatable bonds is 3. The van der Waals surface area contributed by atoms with Gasteiger partial charge in [0.15, 0.2) is 6.79 Å². The number of hydrogen-bond acceptors (Lipinski definition) is 4. The molecule has 0 aliphatic heterocycles. The molecule has 0 rings (SSSR count). The Morgan fingerprint density at radius 1 is 1.44 bits per heavy atom. The Hall–Kier alpha value is -1.10. The summed E-state index contributed by atoms with van der Waals surface area (Å²) in [6, 6.07) is 0. The molecule has 52 valence electrons. The number of carboxylic acid groups (broad SMARTS) is 1. The van der Waals surface area contributed by atoms with E-state index in [1.165, 1.54) is 0 Å². The number of carboxylic acids is 1. The van der Waals surface area contributed by atoms with Crippen LogP contribution < -0.4 is 0 Å². The molecule has 0 aromatic carbocycles. The zero-order valence-corrected chi connectivity index (χ0v) is 4.53. The number of ether oxygens (including phenoxy) is 1. The summed E-state index contributed by atoms with van der Waals surface area (Å²) in [5.74, 6) is -2.21. The molecule has 2 N–H and O–H groups in total. The minimum absolute atomic E-state index is 0.708. The zero-order chi connectivity index (χ0) is 7.28. The van der Waals surface area contributed by atoms with Crippen molar-refractivity contribution < 1.29 is 24.5 Å². The third kappa shape index (κ3) is 4.76. The monoisotopic (exact) mass is 134 g/mol. The molecule has 5 heteroatoms. The molecule has 0 aromatic heterocycles. The van der Waals surface area contributed by atoms with Gasteiger partial charge in [-0.3, -0.25) is 9.59 Å². The van der Waals surface area contributed by atoms with Crippen LogP contribution in [0, 0.1) is 0 Å². The highest BCUT2D eigenvalue weighted by atomic mass is 16.6. The maximum absolute atomic E-state index is 10.1. The van der Waals surface area contributed by atoms with Crippen LogP contribution in [-0.4, -0.2) is 28.9 Å². The molecule has 0 saturated carbocycles. The predicted molar refractivity (Wildman–Crippen MR) is 25.4 cm³/mol. The van der Waals surface area contributed by atoms with E-state index in [0.29, 0.717) is 0 Å². The Balaban J connectivity index is 3.39. The van der Waals surface area contributed by atoms with Crippen molar-refractivity contribution in [2.75, 3.05) is 6.79 Å². The summed E-state index contributed by atoms with van der Waals surface area (Å²) in [5.41, 5.74) is 0. The average Bonchev–Trinajstić information content (AvgIpc) is 1.63. The summed E-state index contributed by atoms with van der Waals surface area (Å²) in [6.07, 6.45) is -0.708. The second-order valence-electron chi connectivity index (χ2n) is 1.22. The second kappa shape index (κ2) is 3.85. The molecule has 0 saturated heterocycles. The summed E-state index contributed by atoms with van der Waals surface area (Å²) < 4.78 is 3.89. The van der Waals surface area contributed by atoms with Gasteiger partial charge in [-0.15, -0.1) is 0 Å². The number of hydrogen-bond donors (Lipinski definition) is 2. The molecule has 0 amide bonds. The van der Waals surface area contributed by atoms with Crippen LogP contribution in [0.4, 0.5) is 0 Å². The summed E-state index contributed by atoms with van der Waals surface area (Å²) in [7, 11) is 0. The number of esters is 1. The first kappa shape index (κ1) is 7.90. The molecule has 0 aliphatic carbocycles. The summed E-state index contributed by atoms with van der Waals surface area (Å²) >= 11 is 0. The highest BCUT2D eigenvalue weighted by molar-refractivity contribution is 5.89. The fraction of sp³-hybridized carbons (Fsp3) is 0.500.